The number of benzene rings is 2. The normalized spacial score (nSPS) is 12.7. The molecule has 1 amide bonds. The monoisotopic (exact) mass is 356 g/mol. The number of nitro groups is 1. The molecule has 2 atom stereocenters. The first kappa shape index (κ1) is 19.1. The number of nitrogens with zero attached hydrogens (tertiary/aromatic N) is 1. The number of hydrogen-bond acceptors (Lipinski definition) is 5. The summed E-state index contributed by atoms with van der Waals surface area (Å²) >= 11 is 0. The number of amides is 1. The zero-order valence-electron chi connectivity index (χ0n) is 14.5. The van der Waals surface area contributed by atoms with Crippen LogP contribution in [0.15, 0.2) is 54.6 Å². The van der Waals surface area contributed by atoms with E-state index in [-0.39, 0.29) is 11.4 Å². The van der Waals surface area contributed by atoms with Gasteiger partial charge < -0.3 is 10.1 Å². The number of carbonyl (C=O) groups is 2. The molecule has 0 bridgehead atoms. The zero-order chi connectivity index (χ0) is 19.1. The maximum Gasteiger partial charge on any atom is 0.314 e. The van der Waals surface area contributed by atoms with Crippen LogP contribution in [-0.2, 0) is 14.3 Å². The Morgan fingerprint density at radius 2 is 1.73 bits per heavy atom. The highest BCUT2D eigenvalue weighted by atomic mass is 16.6. The van der Waals surface area contributed by atoms with Gasteiger partial charge in [-0.1, -0.05) is 49.4 Å². The highest BCUT2D eigenvalue weighted by molar-refractivity contribution is 5.97. The third-order valence-corrected chi connectivity index (χ3v) is 3.92. The molecule has 7 heteroatoms. The van der Waals surface area contributed by atoms with Gasteiger partial charge in [-0.05, 0) is 25.0 Å². The number of rotatable bonds is 7. The van der Waals surface area contributed by atoms with Crippen molar-refractivity contribution in [3.05, 3.63) is 70.3 Å². The number of para-hydroxylation sites is 2. The molecular formula is C19H20N2O5. The standard InChI is InChI=1S/C19H20N2O5/c1-3-15(14-9-5-4-6-10-14)19(23)26-13(2)18(22)20-16-11-7-8-12-17(16)21(24)25/h4-13,15H,3H2,1-2H3,(H,20,22)/t13-,15+/m1/s1. The van der Waals surface area contributed by atoms with Crippen LogP contribution in [-0.4, -0.2) is 22.9 Å². The molecule has 0 fully saturated rings. The van der Waals surface area contributed by atoms with Gasteiger partial charge in [-0.3, -0.25) is 19.7 Å². The van der Waals surface area contributed by atoms with E-state index >= 15 is 0 Å². The van der Waals surface area contributed by atoms with Gasteiger partial charge in [0, 0.05) is 6.07 Å². The second-order valence-electron chi connectivity index (χ2n) is 5.71. The van der Waals surface area contributed by atoms with Crippen LogP contribution in [0.4, 0.5) is 11.4 Å². The molecule has 0 aromatic heterocycles. The number of esters is 1. The van der Waals surface area contributed by atoms with E-state index in [0.29, 0.717) is 6.42 Å². The number of nitro benzene ring substituents is 1. The second-order valence-corrected chi connectivity index (χ2v) is 5.71. The van der Waals surface area contributed by atoms with Gasteiger partial charge in [0.25, 0.3) is 11.6 Å². The van der Waals surface area contributed by atoms with E-state index in [1.54, 1.807) is 6.07 Å². The summed E-state index contributed by atoms with van der Waals surface area (Å²) in [4.78, 5) is 35.1. The fourth-order valence-electron chi connectivity index (χ4n) is 2.51. The van der Waals surface area contributed by atoms with Crippen LogP contribution in [0, 0.1) is 10.1 Å². The van der Waals surface area contributed by atoms with E-state index < -0.39 is 28.8 Å². The molecule has 2 aromatic rings. The number of anilines is 1. The van der Waals surface area contributed by atoms with Crippen molar-refractivity contribution >= 4 is 23.3 Å². The highest BCUT2D eigenvalue weighted by Crippen LogP contribution is 2.24. The molecule has 0 spiro atoms. The molecule has 0 aliphatic carbocycles. The minimum Gasteiger partial charge on any atom is -0.452 e. The van der Waals surface area contributed by atoms with E-state index in [1.807, 2.05) is 37.3 Å². The average Bonchev–Trinajstić information content (AvgIpc) is 2.63. The lowest BCUT2D eigenvalue weighted by molar-refractivity contribution is -0.383. The molecule has 0 radical (unpaired) electrons. The Kier molecular flexibility index (Phi) is 6.43. The maximum atomic E-state index is 12.4. The number of ether oxygens (including phenoxy) is 1. The predicted molar refractivity (Wildman–Crippen MR) is 96.8 cm³/mol. The lowest BCUT2D eigenvalue weighted by atomic mass is 9.97. The first-order chi connectivity index (χ1) is 12.4. The van der Waals surface area contributed by atoms with E-state index in [1.165, 1.54) is 25.1 Å². The second kappa shape index (κ2) is 8.75. The topological polar surface area (TPSA) is 98.5 Å². The van der Waals surface area contributed by atoms with Crippen LogP contribution in [0.2, 0.25) is 0 Å². The fourth-order valence-corrected chi connectivity index (χ4v) is 2.51. The van der Waals surface area contributed by atoms with Crippen molar-refractivity contribution in [2.24, 2.45) is 0 Å². The first-order valence-electron chi connectivity index (χ1n) is 8.23. The average molecular weight is 356 g/mol. The van der Waals surface area contributed by atoms with Crippen LogP contribution < -0.4 is 5.32 Å². The largest absolute Gasteiger partial charge is 0.452 e. The maximum absolute atomic E-state index is 12.4. The lowest BCUT2D eigenvalue weighted by Gasteiger charge is -2.18. The van der Waals surface area contributed by atoms with Crippen molar-refractivity contribution < 1.29 is 19.2 Å². The van der Waals surface area contributed by atoms with Crippen LogP contribution in [0.25, 0.3) is 0 Å². The van der Waals surface area contributed by atoms with Gasteiger partial charge in [-0.25, -0.2) is 0 Å². The number of hydrogen-bond donors (Lipinski definition) is 1. The summed E-state index contributed by atoms with van der Waals surface area (Å²) < 4.78 is 5.27. The summed E-state index contributed by atoms with van der Waals surface area (Å²) in [6, 6.07) is 14.9. The van der Waals surface area contributed by atoms with Crippen LogP contribution in [0.5, 0.6) is 0 Å². The van der Waals surface area contributed by atoms with E-state index in [9.17, 15) is 19.7 Å². The molecule has 1 N–H and O–H groups in total. The van der Waals surface area contributed by atoms with Crippen LogP contribution in [0.1, 0.15) is 31.7 Å². The Morgan fingerprint density at radius 1 is 1.12 bits per heavy atom. The third kappa shape index (κ3) is 4.66. The molecule has 26 heavy (non-hydrogen) atoms. The Morgan fingerprint density at radius 3 is 2.35 bits per heavy atom. The Hall–Kier alpha value is -3.22. The van der Waals surface area contributed by atoms with Gasteiger partial charge in [-0.2, -0.15) is 0 Å². The molecule has 2 rings (SSSR count). The summed E-state index contributed by atoms with van der Waals surface area (Å²) in [5.74, 6) is -1.61. The van der Waals surface area contributed by atoms with Gasteiger partial charge >= 0.3 is 5.97 Å². The molecule has 0 aliphatic rings. The third-order valence-electron chi connectivity index (χ3n) is 3.92. The number of carbonyl (C=O) groups excluding carboxylic acids is 2. The molecule has 0 saturated heterocycles. The van der Waals surface area contributed by atoms with Crippen molar-refractivity contribution in [1.82, 2.24) is 0 Å². The molecule has 0 heterocycles. The number of nitrogens with one attached hydrogen (secondary N) is 1. The summed E-state index contributed by atoms with van der Waals surface area (Å²) in [7, 11) is 0. The van der Waals surface area contributed by atoms with E-state index in [4.69, 9.17) is 4.74 Å². The zero-order valence-corrected chi connectivity index (χ0v) is 14.5. The molecular weight excluding hydrogens is 336 g/mol. The summed E-state index contributed by atoms with van der Waals surface area (Å²) in [6.45, 7) is 3.29. The predicted octanol–water partition coefficient (Wildman–Crippen LogP) is 3.66. The van der Waals surface area contributed by atoms with E-state index in [2.05, 4.69) is 5.32 Å². The Balaban J connectivity index is 2.05. The minimum absolute atomic E-state index is 0.0560. The minimum atomic E-state index is -1.08. The van der Waals surface area contributed by atoms with Crippen LogP contribution in [0.3, 0.4) is 0 Å². The van der Waals surface area contributed by atoms with Crippen molar-refractivity contribution in [2.45, 2.75) is 32.3 Å². The molecule has 0 aliphatic heterocycles. The quantitative estimate of drug-likeness (QED) is 0.464. The van der Waals surface area contributed by atoms with Gasteiger partial charge in [0.1, 0.15) is 5.69 Å². The molecule has 0 saturated carbocycles. The molecule has 0 unspecified atom stereocenters. The van der Waals surface area contributed by atoms with Crippen molar-refractivity contribution in [3.63, 3.8) is 0 Å². The fraction of sp³-hybridized carbons (Fsp3) is 0.263. The van der Waals surface area contributed by atoms with Crippen molar-refractivity contribution in [3.8, 4) is 0 Å². The summed E-state index contributed by atoms with van der Waals surface area (Å²) in [5, 5.41) is 13.4. The molecule has 136 valence electrons. The molecule has 2 aromatic carbocycles. The first-order valence-corrected chi connectivity index (χ1v) is 8.23. The SMILES string of the molecule is CC[C@H](C(=O)O[C@H](C)C(=O)Nc1ccccc1[N+](=O)[O-])c1ccccc1. The summed E-state index contributed by atoms with van der Waals surface area (Å²) in [6.07, 6.45) is -0.554. The summed E-state index contributed by atoms with van der Waals surface area (Å²) in [5.41, 5.74) is 0.641. The smallest absolute Gasteiger partial charge is 0.314 e. The van der Waals surface area contributed by atoms with Crippen LogP contribution >= 0.6 is 0 Å². The van der Waals surface area contributed by atoms with Crippen molar-refractivity contribution in [2.75, 3.05) is 5.32 Å². The lowest BCUT2D eigenvalue weighted by Crippen LogP contribution is -2.32. The van der Waals surface area contributed by atoms with Gasteiger partial charge in [0.05, 0.1) is 10.8 Å². The van der Waals surface area contributed by atoms with E-state index in [0.717, 1.165) is 5.56 Å². The van der Waals surface area contributed by atoms with Gasteiger partial charge in [0.15, 0.2) is 6.10 Å². The van der Waals surface area contributed by atoms with Gasteiger partial charge in [-0.15, -0.1) is 0 Å². The van der Waals surface area contributed by atoms with Crippen molar-refractivity contribution in [1.29, 1.82) is 0 Å². The Bertz CT molecular complexity index is 792. The highest BCUT2D eigenvalue weighted by Gasteiger charge is 2.26. The van der Waals surface area contributed by atoms with Gasteiger partial charge in [0.2, 0.25) is 0 Å². The molecule has 7 nitrogen and oxygen atoms in total. The Labute approximate surface area is 151 Å².